The molecule has 0 amide bonds. The SMILES string of the molecule is CN=C(NCc1csc(N(C)C)n1)NCC1(CN2CCOCC2)CCCCC1. The van der Waals surface area contributed by atoms with Crippen molar-refractivity contribution in [2.45, 2.75) is 38.6 Å². The molecule has 1 aliphatic carbocycles. The predicted octanol–water partition coefficient (Wildman–Crippen LogP) is 2.16. The first kappa shape index (κ1) is 21.3. The van der Waals surface area contributed by atoms with Crippen molar-refractivity contribution >= 4 is 22.4 Å². The zero-order valence-corrected chi connectivity index (χ0v) is 18.5. The summed E-state index contributed by atoms with van der Waals surface area (Å²) < 4.78 is 5.53. The molecule has 0 radical (unpaired) electrons. The van der Waals surface area contributed by atoms with E-state index < -0.39 is 0 Å². The van der Waals surface area contributed by atoms with Crippen molar-refractivity contribution < 1.29 is 4.74 Å². The molecule has 1 aromatic rings. The Labute approximate surface area is 173 Å². The van der Waals surface area contributed by atoms with E-state index in [-0.39, 0.29) is 0 Å². The van der Waals surface area contributed by atoms with Crippen LogP contribution in [0.1, 0.15) is 37.8 Å². The van der Waals surface area contributed by atoms with Crippen molar-refractivity contribution in [2.75, 3.05) is 65.4 Å². The van der Waals surface area contributed by atoms with E-state index in [2.05, 4.69) is 30.9 Å². The van der Waals surface area contributed by atoms with Crippen LogP contribution >= 0.6 is 11.3 Å². The minimum Gasteiger partial charge on any atom is -0.379 e. The Morgan fingerprint density at radius 2 is 2.00 bits per heavy atom. The minimum absolute atomic E-state index is 0.339. The molecule has 28 heavy (non-hydrogen) atoms. The number of thiazole rings is 1. The number of nitrogens with zero attached hydrogens (tertiary/aromatic N) is 4. The fraction of sp³-hybridized carbons (Fsp3) is 0.800. The second-order valence-electron chi connectivity index (χ2n) is 8.24. The average molecular weight is 409 g/mol. The number of rotatable bonds is 7. The average Bonchev–Trinajstić information content (AvgIpc) is 3.19. The van der Waals surface area contributed by atoms with Crippen molar-refractivity contribution in [3.8, 4) is 0 Å². The van der Waals surface area contributed by atoms with Gasteiger partial charge in [-0.1, -0.05) is 19.3 Å². The van der Waals surface area contributed by atoms with E-state index in [4.69, 9.17) is 4.74 Å². The molecule has 2 heterocycles. The first-order chi connectivity index (χ1) is 13.6. The molecule has 0 aromatic carbocycles. The fourth-order valence-electron chi connectivity index (χ4n) is 4.18. The third kappa shape index (κ3) is 6.06. The maximum absolute atomic E-state index is 5.53. The zero-order valence-electron chi connectivity index (χ0n) is 17.7. The number of guanidine groups is 1. The Balaban J connectivity index is 1.52. The summed E-state index contributed by atoms with van der Waals surface area (Å²) in [4.78, 5) is 13.7. The maximum atomic E-state index is 5.53. The Morgan fingerprint density at radius 1 is 1.25 bits per heavy atom. The van der Waals surface area contributed by atoms with Crippen molar-refractivity contribution in [1.82, 2.24) is 20.5 Å². The molecule has 0 atom stereocenters. The van der Waals surface area contributed by atoms with E-state index in [1.54, 1.807) is 11.3 Å². The van der Waals surface area contributed by atoms with Crippen LogP contribution in [0.4, 0.5) is 5.13 Å². The molecule has 3 rings (SSSR count). The van der Waals surface area contributed by atoms with Crippen LogP contribution in [0, 0.1) is 5.41 Å². The van der Waals surface area contributed by atoms with Crippen molar-refractivity contribution in [1.29, 1.82) is 0 Å². The van der Waals surface area contributed by atoms with E-state index in [1.165, 1.54) is 38.6 Å². The molecular formula is C20H36N6OS. The zero-order chi connectivity index (χ0) is 19.8. The normalized spacial score (nSPS) is 20.8. The topological polar surface area (TPSA) is 65.0 Å². The molecule has 2 aliphatic rings. The number of morpholine rings is 1. The van der Waals surface area contributed by atoms with Gasteiger partial charge in [-0.25, -0.2) is 4.98 Å². The van der Waals surface area contributed by atoms with Gasteiger partial charge in [-0.15, -0.1) is 11.3 Å². The third-order valence-corrected chi connectivity index (χ3v) is 6.85. The van der Waals surface area contributed by atoms with E-state index in [0.717, 1.165) is 49.6 Å². The largest absolute Gasteiger partial charge is 0.379 e. The van der Waals surface area contributed by atoms with Gasteiger partial charge in [0.05, 0.1) is 25.5 Å². The van der Waals surface area contributed by atoms with E-state index in [0.29, 0.717) is 12.0 Å². The summed E-state index contributed by atoms with van der Waals surface area (Å²) in [5, 5.41) is 10.2. The van der Waals surface area contributed by atoms with Gasteiger partial charge in [-0.05, 0) is 12.8 Å². The lowest BCUT2D eigenvalue weighted by Crippen LogP contribution is -2.51. The lowest BCUT2D eigenvalue weighted by molar-refractivity contribution is 0.00820. The van der Waals surface area contributed by atoms with E-state index in [1.807, 2.05) is 26.0 Å². The molecule has 8 heteroatoms. The van der Waals surface area contributed by atoms with Gasteiger partial charge in [-0.2, -0.15) is 0 Å². The monoisotopic (exact) mass is 408 g/mol. The molecule has 2 N–H and O–H groups in total. The smallest absolute Gasteiger partial charge is 0.191 e. The van der Waals surface area contributed by atoms with Crippen LogP contribution in [0.2, 0.25) is 0 Å². The Morgan fingerprint density at radius 3 is 2.64 bits per heavy atom. The molecule has 1 saturated heterocycles. The second kappa shape index (κ2) is 10.4. The highest BCUT2D eigenvalue weighted by atomic mass is 32.1. The molecule has 1 aliphatic heterocycles. The summed E-state index contributed by atoms with van der Waals surface area (Å²) in [5.41, 5.74) is 1.39. The Bertz CT molecular complexity index is 620. The van der Waals surface area contributed by atoms with Gasteiger partial charge in [0.15, 0.2) is 11.1 Å². The summed E-state index contributed by atoms with van der Waals surface area (Å²) in [5.74, 6) is 0.867. The molecular weight excluding hydrogens is 372 g/mol. The molecule has 1 aromatic heterocycles. The highest BCUT2D eigenvalue weighted by Crippen LogP contribution is 2.36. The predicted molar refractivity (Wildman–Crippen MR) is 117 cm³/mol. The summed E-state index contributed by atoms with van der Waals surface area (Å²) >= 11 is 1.67. The summed E-state index contributed by atoms with van der Waals surface area (Å²) in [6, 6.07) is 0. The number of hydrogen-bond donors (Lipinski definition) is 2. The Kier molecular flexibility index (Phi) is 7.93. The summed E-state index contributed by atoms with van der Waals surface area (Å²) in [6.45, 7) is 6.70. The van der Waals surface area contributed by atoms with Gasteiger partial charge in [0, 0.05) is 58.1 Å². The molecule has 2 fully saturated rings. The van der Waals surface area contributed by atoms with Crippen LogP contribution < -0.4 is 15.5 Å². The van der Waals surface area contributed by atoms with Gasteiger partial charge in [-0.3, -0.25) is 9.89 Å². The number of nitrogens with one attached hydrogen (secondary N) is 2. The lowest BCUT2D eigenvalue weighted by atomic mass is 9.73. The molecule has 158 valence electrons. The minimum atomic E-state index is 0.339. The maximum Gasteiger partial charge on any atom is 0.191 e. The van der Waals surface area contributed by atoms with Gasteiger partial charge in [0.1, 0.15) is 0 Å². The molecule has 0 spiro atoms. The van der Waals surface area contributed by atoms with Gasteiger partial charge in [0.25, 0.3) is 0 Å². The number of aromatic nitrogens is 1. The first-order valence-corrected chi connectivity index (χ1v) is 11.3. The van der Waals surface area contributed by atoms with Gasteiger partial charge < -0.3 is 20.3 Å². The van der Waals surface area contributed by atoms with Crippen LogP contribution in [0.3, 0.4) is 0 Å². The third-order valence-electron chi connectivity index (χ3n) is 5.79. The molecule has 0 bridgehead atoms. The van der Waals surface area contributed by atoms with Crippen LogP contribution in [-0.2, 0) is 11.3 Å². The Hall–Kier alpha value is -1.38. The molecule has 1 saturated carbocycles. The van der Waals surface area contributed by atoms with Crippen LogP contribution in [0.5, 0.6) is 0 Å². The van der Waals surface area contributed by atoms with Crippen LogP contribution in [-0.4, -0.2) is 76.4 Å². The second-order valence-corrected chi connectivity index (χ2v) is 9.08. The number of anilines is 1. The van der Waals surface area contributed by atoms with Crippen LogP contribution in [0.15, 0.2) is 10.4 Å². The van der Waals surface area contributed by atoms with Crippen molar-refractivity contribution in [2.24, 2.45) is 10.4 Å². The number of hydrogen-bond acceptors (Lipinski definition) is 6. The summed E-state index contributed by atoms with van der Waals surface area (Å²) in [6.07, 6.45) is 6.64. The highest BCUT2D eigenvalue weighted by molar-refractivity contribution is 7.13. The number of ether oxygens (including phenoxy) is 1. The molecule has 7 nitrogen and oxygen atoms in total. The lowest BCUT2D eigenvalue weighted by Gasteiger charge is -2.42. The first-order valence-electron chi connectivity index (χ1n) is 10.5. The highest BCUT2D eigenvalue weighted by Gasteiger charge is 2.34. The standard InChI is InChI=1S/C20H36N6OS/c1-21-18(22-13-17-14-28-19(24-17)25(2)3)23-15-20(7-5-4-6-8-20)16-26-9-11-27-12-10-26/h14H,4-13,15-16H2,1-3H3,(H2,21,22,23). The summed E-state index contributed by atoms with van der Waals surface area (Å²) in [7, 11) is 5.89. The van der Waals surface area contributed by atoms with Crippen molar-refractivity contribution in [3.63, 3.8) is 0 Å². The van der Waals surface area contributed by atoms with E-state index >= 15 is 0 Å². The fourth-order valence-corrected chi connectivity index (χ4v) is 4.93. The van der Waals surface area contributed by atoms with E-state index in [9.17, 15) is 0 Å². The quantitative estimate of drug-likeness (QED) is 0.532. The van der Waals surface area contributed by atoms with Gasteiger partial charge >= 0.3 is 0 Å². The number of aliphatic imine (C=N–C) groups is 1. The van der Waals surface area contributed by atoms with Crippen molar-refractivity contribution in [3.05, 3.63) is 11.1 Å². The van der Waals surface area contributed by atoms with Crippen LogP contribution in [0.25, 0.3) is 0 Å². The molecule has 0 unspecified atom stereocenters. The van der Waals surface area contributed by atoms with Gasteiger partial charge in [0.2, 0.25) is 0 Å².